The van der Waals surface area contributed by atoms with Gasteiger partial charge in [0.15, 0.2) is 0 Å². The average Bonchev–Trinajstić information content (AvgIpc) is 2.57. The highest BCUT2D eigenvalue weighted by Crippen LogP contribution is 2.23. The van der Waals surface area contributed by atoms with Gasteiger partial charge in [-0.3, -0.25) is 4.79 Å². The molecule has 0 amide bonds. The number of alkyl halides is 1. The highest BCUT2D eigenvalue weighted by atomic mass is 35.5. The summed E-state index contributed by atoms with van der Waals surface area (Å²) in [7, 11) is 1.47. The second-order valence-corrected chi connectivity index (χ2v) is 5.90. The second kappa shape index (κ2) is 7.84. The van der Waals surface area contributed by atoms with E-state index in [0.29, 0.717) is 16.7 Å². The summed E-state index contributed by atoms with van der Waals surface area (Å²) in [6.07, 6.45) is 0.459. The highest BCUT2D eigenvalue weighted by Gasteiger charge is 2.20. The predicted octanol–water partition coefficient (Wildman–Crippen LogP) is 2.29. The molecule has 0 spiro atoms. The summed E-state index contributed by atoms with van der Waals surface area (Å²) >= 11 is 11.3. The average molecular weight is 389 g/mol. The fourth-order valence-electron chi connectivity index (χ4n) is 2.31. The van der Waals surface area contributed by atoms with E-state index in [-0.39, 0.29) is 28.8 Å². The standard InChI is InChI=1S/C16H15Cl2FN2O4/c1-3-9-6-14(22)21(16(24)20(9)2)13-7-10(11(18)8-12(13)19)15(23)25-5-4-17/h6-8H,3-5H2,1-2H3. The number of ether oxygens (including phenoxy) is 1. The summed E-state index contributed by atoms with van der Waals surface area (Å²) in [5, 5.41) is -0.198. The van der Waals surface area contributed by atoms with Crippen LogP contribution in [0.25, 0.3) is 5.69 Å². The van der Waals surface area contributed by atoms with E-state index >= 15 is 0 Å². The number of hydrogen-bond acceptors (Lipinski definition) is 4. The molecule has 0 fully saturated rings. The normalized spacial score (nSPS) is 10.8. The van der Waals surface area contributed by atoms with Crippen LogP contribution in [0.2, 0.25) is 5.02 Å². The SMILES string of the molecule is CCc1cc(=O)n(-c2cc(C(=O)OCCCl)c(Cl)cc2F)c(=O)n1C. The van der Waals surface area contributed by atoms with Crippen LogP contribution in [-0.2, 0) is 18.2 Å². The number of carbonyl (C=O) groups excluding carboxylic acids is 1. The number of aryl methyl sites for hydroxylation is 1. The van der Waals surface area contributed by atoms with Gasteiger partial charge < -0.3 is 9.30 Å². The molecule has 2 rings (SSSR count). The first-order valence-corrected chi connectivity index (χ1v) is 8.27. The maximum absolute atomic E-state index is 14.3. The molecule has 1 aromatic carbocycles. The van der Waals surface area contributed by atoms with E-state index in [1.807, 2.05) is 0 Å². The van der Waals surface area contributed by atoms with Gasteiger partial charge in [-0.1, -0.05) is 18.5 Å². The molecule has 0 aliphatic rings. The van der Waals surface area contributed by atoms with Crippen molar-refractivity contribution in [2.24, 2.45) is 7.05 Å². The molecule has 0 aliphatic heterocycles. The Balaban J connectivity index is 2.69. The summed E-state index contributed by atoms with van der Waals surface area (Å²) in [5.74, 6) is -1.67. The number of carbonyl (C=O) groups is 1. The molecule has 0 saturated heterocycles. The van der Waals surface area contributed by atoms with E-state index in [1.54, 1.807) is 6.92 Å². The largest absolute Gasteiger partial charge is 0.461 e. The van der Waals surface area contributed by atoms with Crippen LogP contribution in [0.15, 0.2) is 27.8 Å². The highest BCUT2D eigenvalue weighted by molar-refractivity contribution is 6.33. The predicted molar refractivity (Wildman–Crippen MR) is 92.6 cm³/mol. The van der Waals surface area contributed by atoms with Crippen LogP contribution in [0.3, 0.4) is 0 Å². The molecule has 0 N–H and O–H groups in total. The van der Waals surface area contributed by atoms with Crippen molar-refractivity contribution in [2.45, 2.75) is 13.3 Å². The Morgan fingerprint density at radius 2 is 1.96 bits per heavy atom. The van der Waals surface area contributed by atoms with Gasteiger partial charge in [-0.25, -0.2) is 18.5 Å². The molecule has 0 radical (unpaired) electrons. The monoisotopic (exact) mass is 388 g/mol. The lowest BCUT2D eigenvalue weighted by Crippen LogP contribution is -2.39. The minimum atomic E-state index is -0.914. The molecule has 134 valence electrons. The first kappa shape index (κ1) is 19.2. The number of benzene rings is 1. The van der Waals surface area contributed by atoms with E-state index in [2.05, 4.69) is 0 Å². The van der Waals surface area contributed by atoms with E-state index in [9.17, 15) is 18.8 Å². The zero-order valence-corrected chi connectivity index (χ0v) is 15.0. The third-order valence-electron chi connectivity index (χ3n) is 3.59. The molecule has 2 aromatic rings. The molecule has 6 nitrogen and oxygen atoms in total. The second-order valence-electron chi connectivity index (χ2n) is 5.11. The van der Waals surface area contributed by atoms with Gasteiger partial charge in [-0.2, -0.15) is 0 Å². The molecule has 0 unspecified atom stereocenters. The first-order chi connectivity index (χ1) is 11.8. The lowest BCUT2D eigenvalue weighted by molar-refractivity contribution is 0.0529. The third-order valence-corrected chi connectivity index (χ3v) is 4.06. The van der Waals surface area contributed by atoms with Crippen LogP contribution in [-0.4, -0.2) is 27.6 Å². The number of halogens is 3. The lowest BCUT2D eigenvalue weighted by atomic mass is 10.2. The van der Waals surface area contributed by atoms with Crippen LogP contribution < -0.4 is 11.2 Å². The van der Waals surface area contributed by atoms with Crippen molar-refractivity contribution in [2.75, 3.05) is 12.5 Å². The van der Waals surface area contributed by atoms with E-state index in [4.69, 9.17) is 27.9 Å². The summed E-state index contributed by atoms with van der Waals surface area (Å²) in [6.45, 7) is 1.72. The van der Waals surface area contributed by atoms with Crippen LogP contribution in [0.5, 0.6) is 0 Å². The van der Waals surface area contributed by atoms with E-state index < -0.39 is 23.0 Å². The molecule has 9 heteroatoms. The Morgan fingerprint density at radius 3 is 2.56 bits per heavy atom. The number of nitrogens with zero attached hydrogens (tertiary/aromatic N) is 2. The Kier molecular flexibility index (Phi) is 6.02. The lowest BCUT2D eigenvalue weighted by Gasteiger charge is -2.13. The number of hydrogen-bond donors (Lipinski definition) is 0. The van der Waals surface area contributed by atoms with Crippen molar-refractivity contribution in [1.29, 1.82) is 0 Å². The van der Waals surface area contributed by atoms with Gasteiger partial charge in [0.25, 0.3) is 5.56 Å². The Bertz CT molecular complexity index is 937. The number of rotatable bonds is 5. The topological polar surface area (TPSA) is 70.3 Å². The van der Waals surface area contributed by atoms with Crippen LogP contribution in [0, 0.1) is 5.82 Å². The van der Waals surface area contributed by atoms with Gasteiger partial charge in [-0.05, 0) is 18.6 Å². The fourth-order valence-corrected chi connectivity index (χ4v) is 2.61. The van der Waals surface area contributed by atoms with Gasteiger partial charge in [0.2, 0.25) is 0 Å². The van der Waals surface area contributed by atoms with Gasteiger partial charge in [0.1, 0.15) is 12.4 Å². The Labute approximate surface area is 152 Å². The minimum Gasteiger partial charge on any atom is -0.461 e. The van der Waals surface area contributed by atoms with Crippen molar-refractivity contribution in [3.8, 4) is 5.69 Å². The maximum Gasteiger partial charge on any atom is 0.339 e. The maximum atomic E-state index is 14.3. The molecular weight excluding hydrogens is 374 g/mol. The van der Waals surface area contributed by atoms with Crippen LogP contribution in [0.1, 0.15) is 23.0 Å². The molecule has 0 saturated carbocycles. The van der Waals surface area contributed by atoms with E-state index in [1.165, 1.54) is 17.7 Å². The molecule has 0 bridgehead atoms. The minimum absolute atomic E-state index is 0.0592. The third kappa shape index (κ3) is 3.77. The van der Waals surface area contributed by atoms with Gasteiger partial charge >= 0.3 is 11.7 Å². The van der Waals surface area contributed by atoms with Gasteiger partial charge in [0.05, 0.1) is 22.2 Å². The summed E-state index contributed by atoms with van der Waals surface area (Å²) in [6, 6.07) is 3.11. The molecule has 25 heavy (non-hydrogen) atoms. The van der Waals surface area contributed by atoms with Crippen molar-refractivity contribution in [1.82, 2.24) is 9.13 Å². The zero-order valence-electron chi connectivity index (χ0n) is 13.5. The number of esters is 1. The number of aromatic nitrogens is 2. The Hall–Kier alpha value is -2.12. The van der Waals surface area contributed by atoms with E-state index in [0.717, 1.165) is 12.1 Å². The first-order valence-electron chi connectivity index (χ1n) is 7.36. The van der Waals surface area contributed by atoms with Gasteiger partial charge in [0, 0.05) is 18.8 Å². The van der Waals surface area contributed by atoms with Gasteiger partial charge in [-0.15, -0.1) is 11.6 Å². The smallest absolute Gasteiger partial charge is 0.339 e. The fraction of sp³-hybridized carbons (Fsp3) is 0.312. The van der Waals surface area contributed by atoms with Crippen LogP contribution >= 0.6 is 23.2 Å². The molecular formula is C16H15Cl2FN2O4. The van der Waals surface area contributed by atoms with Crippen molar-refractivity contribution < 1.29 is 13.9 Å². The summed E-state index contributed by atoms with van der Waals surface area (Å²) in [4.78, 5) is 36.7. The zero-order chi connectivity index (χ0) is 18.7. The Morgan fingerprint density at radius 1 is 1.28 bits per heavy atom. The molecule has 0 aliphatic carbocycles. The van der Waals surface area contributed by atoms with Crippen molar-refractivity contribution in [3.05, 3.63) is 61.1 Å². The van der Waals surface area contributed by atoms with Crippen molar-refractivity contribution in [3.63, 3.8) is 0 Å². The quantitative estimate of drug-likeness (QED) is 0.581. The van der Waals surface area contributed by atoms with Crippen molar-refractivity contribution >= 4 is 29.2 Å². The molecule has 1 heterocycles. The molecule has 1 aromatic heterocycles. The van der Waals surface area contributed by atoms with Crippen LogP contribution in [0.4, 0.5) is 4.39 Å². The summed E-state index contributed by atoms with van der Waals surface area (Å²) < 4.78 is 21.1. The molecule has 0 atom stereocenters. The summed E-state index contributed by atoms with van der Waals surface area (Å²) in [5.41, 5.74) is -1.48.